The molecule has 0 radical (unpaired) electrons. The summed E-state index contributed by atoms with van der Waals surface area (Å²) in [4.78, 5) is 19.3. The molecule has 2 rings (SSSR count). The first-order valence-electron chi connectivity index (χ1n) is 7.59. The van der Waals surface area contributed by atoms with Gasteiger partial charge in [-0.2, -0.15) is 5.10 Å². The van der Waals surface area contributed by atoms with E-state index in [0.29, 0.717) is 0 Å². The molecule has 0 atom stereocenters. The van der Waals surface area contributed by atoms with Gasteiger partial charge in [-0.25, -0.2) is 4.98 Å². The van der Waals surface area contributed by atoms with E-state index in [1.54, 1.807) is 4.68 Å². The third kappa shape index (κ3) is 2.91. The third-order valence-electron chi connectivity index (χ3n) is 3.78. The summed E-state index contributed by atoms with van der Waals surface area (Å²) in [7, 11) is 1.87. The van der Waals surface area contributed by atoms with E-state index in [2.05, 4.69) is 17.0 Å². The lowest BCUT2D eigenvalue weighted by atomic mass is 10.1. The number of unbranched alkanes of at least 4 members (excludes halogenated alkanes) is 1. The quantitative estimate of drug-likeness (QED) is 0.850. The molecule has 2 aromatic rings. The van der Waals surface area contributed by atoms with Crippen molar-refractivity contribution in [2.45, 2.75) is 40.5 Å². The van der Waals surface area contributed by atoms with Gasteiger partial charge in [0, 0.05) is 25.8 Å². The molecule has 0 fully saturated rings. The van der Waals surface area contributed by atoms with Crippen molar-refractivity contribution in [1.29, 1.82) is 0 Å². The SMILES string of the molecule is CCCCN(CC)C(=O)c1cc(C)nc2c1c(C)nn2C. The topological polar surface area (TPSA) is 51.0 Å². The monoisotopic (exact) mass is 288 g/mol. The molecule has 2 heterocycles. The number of pyridine rings is 1. The zero-order chi connectivity index (χ0) is 15.6. The molecule has 0 aliphatic rings. The molecule has 5 heteroatoms. The van der Waals surface area contributed by atoms with Crippen LogP contribution in [-0.4, -0.2) is 38.7 Å². The van der Waals surface area contributed by atoms with Crippen molar-refractivity contribution in [3.05, 3.63) is 23.0 Å². The van der Waals surface area contributed by atoms with Crippen molar-refractivity contribution in [3.63, 3.8) is 0 Å². The minimum absolute atomic E-state index is 0.0811. The van der Waals surface area contributed by atoms with Gasteiger partial charge in [0.05, 0.1) is 16.6 Å². The van der Waals surface area contributed by atoms with E-state index in [-0.39, 0.29) is 5.91 Å². The summed E-state index contributed by atoms with van der Waals surface area (Å²) < 4.78 is 1.75. The molecule has 0 aliphatic carbocycles. The van der Waals surface area contributed by atoms with E-state index < -0.39 is 0 Å². The molecule has 21 heavy (non-hydrogen) atoms. The summed E-state index contributed by atoms with van der Waals surface area (Å²) >= 11 is 0. The number of aryl methyl sites for hydroxylation is 3. The van der Waals surface area contributed by atoms with Crippen molar-refractivity contribution >= 4 is 16.9 Å². The van der Waals surface area contributed by atoms with Crippen LogP contribution < -0.4 is 0 Å². The van der Waals surface area contributed by atoms with Crippen molar-refractivity contribution in [2.24, 2.45) is 7.05 Å². The van der Waals surface area contributed by atoms with E-state index in [0.717, 1.165) is 53.9 Å². The van der Waals surface area contributed by atoms with Gasteiger partial charge in [-0.15, -0.1) is 0 Å². The normalized spacial score (nSPS) is 11.1. The first-order chi connectivity index (χ1) is 9.99. The Kier molecular flexibility index (Phi) is 4.60. The van der Waals surface area contributed by atoms with E-state index in [9.17, 15) is 4.79 Å². The molecule has 114 valence electrons. The van der Waals surface area contributed by atoms with Crippen LogP contribution in [0.3, 0.4) is 0 Å². The molecular weight excluding hydrogens is 264 g/mol. The highest BCUT2D eigenvalue weighted by Crippen LogP contribution is 2.23. The van der Waals surface area contributed by atoms with Crippen LogP contribution in [0, 0.1) is 13.8 Å². The summed E-state index contributed by atoms with van der Waals surface area (Å²) in [6.45, 7) is 9.53. The van der Waals surface area contributed by atoms with Crippen LogP contribution in [0.4, 0.5) is 0 Å². The maximum absolute atomic E-state index is 12.9. The molecule has 0 spiro atoms. The Morgan fingerprint density at radius 3 is 2.67 bits per heavy atom. The van der Waals surface area contributed by atoms with Crippen LogP contribution in [0.1, 0.15) is 48.4 Å². The highest BCUT2D eigenvalue weighted by atomic mass is 16.2. The summed E-state index contributed by atoms with van der Waals surface area (Å²) in [5.74, 6) is 0.0811. The maximum Gasteiger partial charge on any atom is 0.254 e. The van der Waals surface area contributed by atoms with Crippen LogP contribution in [0.25, 0.3) is 11.0 Å². The Bertz CT molecular complexity index is 660. The lowest BCUT2D eigenvalue weighted by molar-refractivity contribution is 0.0764. The standard InChI is InChI=1S/C16H24N4O/c1-6-8-9-20(7-2)16(21)13-10-11(3)17-15-14(13)12(4)18-19(15)5/h10H,6-9H2,1-5H3. The van der Waals surface area contributed by atoms with Crippen molar-refractivity contribution in [2.75, 3.05) is 13.1 Å². The van der Waals surface area contributed by atoms with Gasteiger partial charge in [0.2, 0.25) is 0 Å². The van der Waals surface area contributed by atoms with E-state index in [1.165, 1.54) is 0 Å². The number of aromatic nitrogens is 3. The number of carbonyl (C=O) groups excluding carboxylic acids is 1. The Morgan fingerprint density at radius 1 is 1.33 bits per heavy atom. The smallest absolute Gasteiger partial charge is 0.254 e. The zero-order valence-corrected chi connectivity index (χ0v) is 13.6. The Labute approximate surface area is 126 Å². The van der Waals surface area contributed by atoms with Gasteiger partial charge < -0.3 is 4.90 Å². The van der Waals surface area contributed by atoms with Crippen molar-refractivity contribution in [3.8, 4) is 0 Å². The Hall–Kier alpha value is -1.91. The zero-order valence-electron chi connectivity index (χ0n) is 13.6. The third-order valence-corrected chi connectivity index (χ3v) is 3.78. The number of rotatable bonds is 5. The van der Waals surface area contributed by atoms with Crippen molar-refractivity contribution in [1.82, 2.24) is 19.7 Å². The van der Waals surface area contributed by atoms with Crippen LogP contribution in [0.5, 0.6) is 0 Å². The second-order valence-electron chi connectivity index (χ2n) is 5.46. The number of fused-ring (bicyclic) bond motifs is 1. The fraction of sp³-hybridized carbons (Fsp3) is 0.562. The lowest BCUT2D eigenvalue weighted by Gasteiger charge is -2.21. The van der Waals surface area contributed by atoms with Gasteiger partial charge in [-0.05, 0) is 33.3 Å². The van der Waals surface area contributed by atoms with E-state index in [4.69, 9.17) is 0 Å². The number of carbonyl (C=O) groups is 1. The van der Waals surface area contributed by atoms with Gasteiger partial charge in [-0.1, -0.05) is 13.3 Å². The molecule has 0 saturated carbocycles. The highest BCUT2D eigenvalue weighted by molar-refractivity contribution is 6.06. The fourth-order valence-electron chi connectivity index (χ4n) is 2.66. The largest absolute Gasteiger partial charge is 0.339 e. The summed E-state index contributed by atoms with van der Waals surface area (Å²) in [6.07, 6.45) is 2.11. The van der Waals surface area contributed by atoms with Gasteiger partial charge in [0.1, 0.15) is 0 Å². The first-order valence-corrected chi connectivity index (χ1v) is 7.59. The van der Waals surface area contributed by atoms with Crippen LogP contribution in [0.2, 0.25) is 0 Å². The second-order valence-corrected chi connectivity index (χ2v) is 5.46. The second kappa shape index (κ2) is 6.24. The minimum atomic E-state index is 0.0811. The van der Waals surface area contributed by atoms with Crippen LogP contribution >= 0.6 is 0 Å². The molecule has 0 unspecified atom stereocenters. The first kappa shape index (κ1) is 15.5. The molecule has 1 amide bonds. The maximum atomic E-state index is 12.9. The van der Waals surface area contributed by atoms with Gasteiger partial charge in [0.25, 0.3) is 5.91 Å². The predicted octanol–water partition coefficient (Wildman–Crippen LogP) is 2.85. The molecule has 0 saturated heterocycles. The predicted molar refractivity (Wildman–Crippen MR) is 84.5 cm³/mol. The molecule has 0 aliphatic heterocycles. The van der Waals surface area contributed by atoms with E-state index >= 15 is 0 Å². The molecule has 0 N–H and O–H groups in total. The molecular formula is C16H24N4O. The van der Waals surface area contributed by atoms with Gasteiger partial charge in [-0.3, -0.25) is 9.48 Å². The summed E-state index contributed by atoms with van der Waals surface area (Å²) in [5.41, 5.74) is 3.21. The molecule has 0 bridgehead atoms. The van der Waals surface area contributed by atoms with E-state index in [1.807, 2.05) is 38.8 Å². The van der Waals surface area contributed by atoms with Crippen LogP contribution in [-0.2, 0) is 7.05 Å². The average Bonchev–Trinajstić information content (AvgIpc) is 2.73. The van der Waals surface area contributed by atoms with Crippen molar-refractivity contribution < 1.29 is 4.79 Å². The number of nitrogens with zero attached hydrogens (tertiary/aromatic N) is 4. The highest BCUT2D eigenvalue weighted by Gasteiger charge is 2.21. The fourth-order valence-corrected chi connectivity index (χ4v) is 2.66. The number of amides is 1. The molecule has 2 aromatic heterocycles. The Balaban J connectivity index is 2.52. The average molecular weight is 288 g/mol. The summed E-state index contributed by atoms with van der Waals surface area (Å²) in [5, 5.41) is 5.28. The van der Waals surface area contributed by atoms with Gasteiger partial charge in [0.15, 0.2) is 5.65 Å². The number of hydrogen-bond acceptors (Lipinski definition) is 3. The van der Waals surface area contributed by atoms with Gasteiger partial charge >= 0.3 is 0 Å². The minimum Gasteiger partial charge on any atom is -0.339 e. The molecule has 0 aromatic carbocycles. The lowest BCUT2D eigenvalue weighted by Crippen LogP contribution is -2.32. The molecule has 5 nitrogen and oxygen atoms in total. The van der Waals surface area contributed by atoms with Crippen LogP contribution in [0.15, 0.2) is 6.07 Å². The Morgan fingerprint density at radius 2 is 2.05 bits per heavy atom. The summed E-state index contributed by atoms with van der Waals surface area (Å²) in [6, 6.07) is 1.88. The number of hydrogen-bond donors (Lipinski definition) is 0.